The Morgan fingerprint density at radius 2 is 2.00 bits per heavy atom. The van der Waals surface area contributed by atoms with Crippen molar-refractivity contribution in [3.05, 3.63) is 40.3 Å². The maximum atomic E-state index is 12.9. The molecule has 2 aromatic heterocycles. The Kier molecular flexibility index (Phi) is 4.97. The lowest BCUT2D eigenvalue weighted by Crippen LogP contribution is -2.13. The van der Waals surface area contributed by atoms with Gasteiger partial charge in [0.05, 0.1) is 23.9 Å². The third kappa shape index (κ3) is 3.24. The molecule has 2 heterocycles. The molecule has 0 atom stereocenters. The molecule has 0 bridgehead atoms. The number of hydrogen-bond donors (Lipinski definition) is 1. The molecule has 1 N–H and O–H groups in total. The minimum Gasteiger partial charge on any atom is -0.493 e. The second-order valence-corrected chi connectivity index (χ2v) is 7.14. The van der Waals surface area contributed by atoms with E-state index in [-0.39, 0.29) is 5.56 Å². The summed E-state index contributed by atoms with van der Waals surface area (Å²) in [5.41, 5.74) is 2.21. The van der Waals surface area contributed by atoms with Crippen molar-refractivity contribution < 1.29 is 4.74 Å². The number of nitrogens with one attached hydrogen (secondary N) is 1. The van der Waals surface area contributed by atoms with Crippen molar-refractivity contribution >= 4 is 11.0 Å². The summed E-state index contributed by atoms with van der Waals surface area (Å²) in [5.74, 6) is 1.28. The van der Waals surface area contributed by atoms with E-state index in [1.807, 2.05) is 35.9 Å². The van der Waals surface area contributed by atoms with Crippen LogP contribution in [0.2, 0.25) is 0 Å². The van der Waals surface area contributed by atoms with Crippen LogP contribution >= 0.6 is 0 Å². The summed E-state index contributed by atoms with van der Waals surface area (Å²) in [7, 11) is 0. The van der Waals surface area contributed by atoms with Gasteiger partial charge in [-0.15, -0.1) is 0 Å². The van der Waals surface area contributed by atoms with Gasteiger partial charge in [0.1, 0.15) is 17.0 Å². The van der Waals surface area contributed by atoms with Crippen LogP contribution in [-0.2, 0) is 6.42 Å². The lowest BCUT2D eigenvalue weighted by molar-refractivity contribution is 0.318. The van der Waals surface area contributed by atoms with E-state index in [1.165, 1.54) is 12.8 Å². The normalized spacial score (nSPS) is 14.9. The number of ether oxygens (including phenoxy) is 1. The molecule has 0 amide bonds. The number of hydrogen-bond acceptors (Lipinski definition) is 4. The highest BCUT2D eigenvalue weighted by atomic mass is 16.5. The van der Waals surface area contributed by atoms with Gasteiger partial charge in [-0.1, -0.05) is 38.8 Å². The fourth-order valence-electron chi connectivity index (χ4n) is 3.89. The molecule has 3 aromatic rings. The quantitative estimate of drug-likeness (QED) is 0.708. The van der Waals surface area contributed by atoms with Crippen LogP contribution in [0, 0.1) is 0 Å². The highest BCUT2D eigenvalue weighted by molar-refractivity contribution is 5.80. The van der Waals surface area contributed by atoms with Crippen LogP contribution in [0.15, 0.2) is 29.1 Å². The lowest BCUT2D eigenvalue weighted by Gasteiger charge is -2.12. The number of aryl methyl sites for hydroxylation is 1. The van der Waals surface area contributed by atoms with E-state index in [0.717, 1.165) is 42.7 Å². The Hall–Kier alpha value is -2.63. The highest BCUT2D eigenvalue weighted by Crippen LogP contribution is 2.33. The first-order valence-corrected chi connectivity index (χ1v) is 9.96. The zero-order chi connectivity index (χ0) is 18.8. The molecule has 4 rings (SSSR count). The highest BCUT2D eigenvalue weighted by Gasteiger charge is 2.24. The number of benzene rings is 1. The van der Waals surface area contributed by atoms with Crippen molar-refractivity contribution in [2.75, 3.05) is 6.61 Å². The van der Waals surface area contributed by atoms with Crippen molar-refractivity contribution in [2.24, 2.45) is 0 Å². The summed E-state index contributed by atoms with van der Waals surface area (Å²) in [4.78, 5) is 20.7. The number of H-pyrrole nitrogens is 1. The van der Waals surface area contributed by atoms with Crippen LogP contribution < -0.4 is 10.3 Å². The van der Waals surface area contributed by atoms with Gasteiger partial charge in [-0.2, -0.15) is 5.10 Å². The SMILES string of the molecule is CCCOc1ccccc1-c1nc2c(c(CC)nn2C2CCCC2)c(=O)[nH]1. The molecule has 1 aliphatic rings. The van der Waals surface area contributed by atoms with Crippen LogP contribution in [0.5, 0.6) is 5.75 Å². The van der Waals surface area contributed by atoms with Gasteiger partial charge >= 0.3 is 0 Å². The van der Waals surface area contributed by atoms with Crippen LogP contribution in [-0.4, -0.2) is 26.4 Å². The fraction of sp³-hybridized carbons (Fsp3) is 0.476. The summed E-state index contributed by atoms with van der Waals surface area (Å²) in [5, 5.41) is 5.39. The van der Waals surface area contributed by atoms with Crippen molar-refractivity contribution in [3.8, 4) is 17.1 Å². The minimum atomic E-state index is -0.124. The Balaban J connectivity index is 1.89. The van der Waals surface area contributed by atoms with Gasteiger partial charge in [-0.3, -0.25) is 4.79 Å². The van der Waals surface area contributed by atoms with E-state index in [2.05, 4.69) is 11.9 Å². The summed E-state index contributed by atoms with van der Waals surface area (Å²) in [6.45, 7) is 4.73. The molecular weight excluding hydrogens is 340 g/mol. The van der Waals surface area contributed by atoms with Gasteiger partial charge in [0.15, 0.2) is 5.65 Å². The maximum absolute atomic E-state index is 12.9. The molecular formula is C21H26N4O2. The number of aromatic amines is 1. The molecule has 6 heteroatoms. The summed E-state index contributed by atoms with van der Waals surface area (Å²) in [6.07, 6.45) is 6.25. The molecule has 0 unspecified atom stereocenters. The predicted octanol–water partition coefficient (Wildman–Crippen LogP) is 4.25. The molecule has 0 spiro atoms. The first kappa shape index (κ1) is 17.8. The van der Waals surface area contributed by atoms with E-state index in [0.29, 0.717) is 29.5 Å². The van der Waals surface area contributed by atoms with Crippen molar-refractivity contribution in [1.82, 2.24) is 19.7 Å². The van der Waals surface area contributed by atoms with Crippen LogP contribution in [0.4, 0.5) is 0 Å². The number of rotatable bonds is 6. The molecule has 1 fully saturated rings. The van der Waals surface area contributed by atoms with Gasteiger partial charge < -0.3 is 9.72 Å². The molecule has 0 saturated heterocycles. The predicted molar refractivity (Wildman–Crippen MR) is 106 cm³/mol. The Morgan fingerprint density at radius 3 is 2.74 bits per heavy atom. The van der Waals surface area contributed by atoms with Gasteiger partial charge in [-0.05, 0) is 37.8 Å². The summed E-state index contributed by atoms with van der Waals surface area (Å²) >= 11 is 0. The molecule has 142 valence electrons. The topological polar surface area (TPSA) is 72.8 Å². The summed E-state index contributed by atoms with van der Waals surface area (Å²) in [6, 6.07) is 8.06. The van der Waals surface area contributed by atoms with Gasteiger partial charge in [0.25, 0.3) is 5.56 Å². The Bertz CT molecular complexity index is 999. The van der Waals surface area contributed by atoms with E-state index >= 15 is 0 Å². The standard InChI is InChI=1S/C21H26N4O2/c1-3-13-27-17-12-8-7-11-15(17)19-22-20-18(21(26)23-19)16(4-2)24-25(20)14-9-5-6-10-14/h7-8,11-12,14H,3-6,9-10,13H2,1-2H3,(H,22,23,26). The molecule has 0 aliphatic heterocycles. The van der Waals surface area contributed by atoms with E-state index < -0.39 is 0 Å². The first-order chi connectivity index (χ1) is 13.2. The largest absolute Gasteiger partial charge is 0.493 e. The second kappa shape index (κ2) is 7.55. The van der Waals surface area contributed by atoms with Crippen molar-refractivity contribution in [3.63, 3.8) is 0 Å². The van der Waals surface area contributed by atoms with Gasteiger partial charge in [0, 0.05) is 0 Å². The van der Waals surface area contributed by atoms with Crippen molar-refractivity contribution in [2.45, 2.75) is 58.4 Å². The molecule has 1 aliphatic carbocycles. The monoisotopic (exact) mass is 366 g/mol. The smallest absolute Gasteiger partial charge is 0.262 e. The maximum Gasteiger partial charge on any atom is 0.262 e. The molecule has 27 heavy (non-hydrogen) atoms. The number of para-hydroxylation sites is 1. The third-order valence-electron chi connectivity index (χ3n) is 5.24. The van der Waals surface area contributed by atoms with E-state index in [1.54, 1.807) is 0 Å². The average molecular weight is 366 g/mol. The van der Waals surface area contributed by atoms with Crippen LogP contribution in [0.3, 0.4) is 0 Å². The molecule has 1 saturated carbocycles. The van der Waals surface area contributed by atoms with Crippen LogP contribution in [0.1, 0.15) is 57.7 Å². The molecule has 0 radical (unpaired) electrons. The summed E-state index contributed by atoms with van der Waals surface area (Å²) < 4.78 is 7.86. The zero-order valence-corrected chi connectivity index (χ0v) is 16.0. The van der Waals surface area contributed by atoms with Crippen LogP contribution in [0.25, 0.3) is 22.4 Å². The number of aromatic nitrogens is 4. The zero-order valence-electron chi connectivity index (χ0n) is 16.0. The second-order valence-electron chi connectivity index (χ2n) is 7.14. The molecule has 6 nitrogen and oxygen atoms in total. The van der Waals surface area contributed by atoms with Gasteiger partial charge in [-0.25, -0.2) is 9.67 Å². The van der Waals surface area contributed by atoms with Gasteiger partial charge in [0.2, 0.25) is 0 Å². The first-order valence-electron chi connectivity index (χ1n) is 9.96. The fourth-order valence-corrected chi connectivity index (χ4v) is 3.89. The molecule has 1 aromatic carbocycles. The van der Waals surface area contributed by atoms with E-state index in [4.69, 9.17) is 14.8 Å². The van der Waals surface area contributed by atoms with E-state index in [9.17, 15) is 4.79 Å². The Labute approximate surface area is 158 Å². The van der Waals surface area contributed by atoms with Crippen molar-refractivity contribution in [1.29, 1.82) is 0 Å². The minimum absolute atomic E-state index is 0.124. The average Bonchev–Trinajstić information content (AvgIpc) is 3.34. The lowest BCUT2D eigenvalue weighted by atomic mass is 10.1. The number of nitrogens with zero attached hydrogens (tertiary/aromatic N) is 3. The Morgan fingerprint density at radius 1 is 1.22 bits per heavy atom. The number of fused-ring (bicyclic) bond motifs is 1. The third-order valence-corrected chi connectivity index (χ3v) is 5.24.